The minimum atomic E-state index is -4.39. The van der Waals surface area contributed by atoms with E-state index in [0.29, 0.717) is 61.8 Å². The van der Waals surface area contributed by atoms with Crippen molar-refractivity contribution < 1.29 is 22.7 Å². The third-order valence-corrected chi connectivity index (χ3v) is 7.54. The highest BCUT2D eigenvalue weighted by atomic mass is 19.4. The first-order valence-electron chi connectivity index (χ1n) is 13.9. The van der Waals surface area contributed by atoms with Gasteiger partial charge in [0.25, 0.3) is 0 Å². The molecular weight excluding hydrogens is 521 g/mol. The lowest BCUT2D eigenvalue weighted by Crippen LogP contribution is -2.41. The van der Waals surface area contributed by atoms with Gasteiger partial charge in [0.2, 0.25) is 11.9 Å². The van der Waals surface area contributed by atoms with Crippen LogP contribution in [0.2, 0.25) is 0 Å². The minimum absolute atomic E-state index is 0.136. The number of carbonyl (C=O) groups excluding carboxylic acids is 1. The highest BCUT2D eigenvalue weighted by molar-refractivity contribution is 5.84. The molecule has 3 aromatic rings. The quantitative estimate of drug-likeness (QED) is 0.378. The molecule has 0 radical (unpaired) electrons. The molecule has 0 bridgehead atoms. The number of aromatic nitrogens is 3. The Balaban J connectivity index is 1.35. The van der Waals surface area contributed by atoms with E-state index in [0.717, 1.165) is 37.8 Å². The number of hydrogen-bond acceptors (Lipinski definition) is 6. The van der Waals surface area contributed by atoms with Gasteiger partial charge in [-0.1, -0.05) is 44.2 Å². The number of nitrogens with zero attached hydrogens (tertiary/aromatic N) is 4. The Bertz CT molecular complexity index is 1240. The van der Waals surface area contributed by atoms with E-state index in [-0.39, 0.29) is 12.5 Å². The molecule has 1 unspecified atom stereocenters. The molecule has 1 saturated heterocycles. The smallest absolute Gasteiger partial charge is 0.378 e. The number of halogens is 3. The lowest BCUT2D eigenvalue weighted by molar-refractivity contribution is -0.137. The third kappa shape index (κ3) is 7.32. The summed E-state index contributed by atoms with van der Waals surface area (Å²) >= 11 is 0. The van der Waals surface area contributed by atoms with Crippen LogP contribution in [0.15, 0.2) is 54.9 Å². The van der Waals surface area contributed by atoms with Gasteiger partial charge >= 0.3 is 6.18 Å². The van der Waals surface area contributed by atoms with Crippen LogP contribution < -0.4 is 15.5 Å². The van der Waals surface area contributed by atoms with E-state index in [1.807, 2.05) is 35.2 Å². The van der Waals surface area contributed by atoms with Gasteiger partial charge < -0.3 is 24.8 Å². The van der Waals surface area contributed by atoms with Crippen LogP contribution in [-0.2, 0) is 22.3 Å². The maximum atomic E-state index is 13.5. The Labute approximate surface area is 231 Å². The molecule has 5 rings (SSSR count). The molecule has 1 amide bonds. The van der Waals surface area contributed by atoms with Gasteiger partial charge in [-0.25, -0.2) is 0 Å². The fourth-order valence-corrected chi connectivity index (χ4v) is 5.31. The van der Waals surface area contributed by atoms with Gasteiger partial charge in [0, 0.05) is 38.1 Å². The number of carbonyl (C=O) groups is 1. The molecule has 3 heterocycles. The number of hydrogen-bond donors (Lipinski definition) is 2. The maximum absolute atomic E-state index is 13.5. The zero-order chi connectivity index (χ0) is 28.0. The second-order valence-electron chi connectivity index (χ2n) is 10.5. The first-order valence-corrected chi connectivity index (χ1v) is 13.9. The Morgan fingerprint density at radius 3 is 2.40 bits per heavy atom. The summed E-state index contributed by atoms with van der Waals surface area (Å²) in [4.78, 5) is 25.1. The topological polar surface area (TPSA) is 84.3 Å². The molecule has 40 heavy (non-hydrogen) atoms. The van der Waals surface area contributed by atoms with Crippen LogP contribution in [0.1, 0.15) is 49.7 Å². The van der Waals surface area contributed by atoms with Crippen molar-refractivity contribution in [3.05, 3.63) is 66.0 Å². The van der Waals surface area contributed by atoms with Crippen LogP contribution >= 0.6 is 0 Å². The number of rotatable bonds is 9. The summed E-state index contributed by atoms with van der Waals surface area (Å²) in [6.45, 7) is 2.67. The van der Waals surface area contributed by atoms with Gasteiger partial charge in [-0.05, 0) is 42.2 Å². The Hall–Kier alpha value is -3.60. The number of ether oxygens (including phenoxy) is 1. The van der Waals surface area contributed by atoms with E-state index < -0.39 is 17.8 Å². The number of amides is 1. The van der Waals surface area contributed by atoms with Crippen molar-refractivity contribution in [2.75, 3.05) is 36.5 Å². The number of anilines is 2. The van der Waals surface area contributed by atoms with Crippen molar-refractivity contribution >= 4 is 17.7 Å². The minimum Gasteiger partial charge on any atom is -0.378 e. The van der Waals surface area contributed by atoms with Gasteiger partial charge in [0.15, 0.2) is 0 Å². The third-order valence-electron chi connectivity index (χ3n) is 7.54. The molecule has 1 atom stereocenters. The summed E-state index contributed by atoms with van der Waals surface area (Å²) in [5.74, 6) is 2.00. The summed E-state index contributed by atoms with van der Waals surface area (Å²) in [6.07, 6.45) is 5.72. The SMILES string of the molecule is O=C(NCc1ccc(C(F)(F)F)cc1)C(CC1CCCCC1)Nc1cc(-n2cccc2)nc(N2CCOCC2)n1. The van der Waals surface area contributed by atoms with E-state index in [4.69, 9.17) is 14.7 Å². The molecule has 2 aliphatic rings. The predicted molar refractivity (Wildman–Crippen MR) is 146 cm³/mol. The maximum Gasteiger partial charge on any atom is 0.416 e. The summed E-state index contributed by atoms with van der Waals surface area (Å²) in [6, 6.07) is 9.99. The molecule has 1 saturated carbocycles. The molecule has 2 N–H and O–H groups in total. The van der Waals surface area contributed by atoms with Gasteiger partial charge in [0.1, 0.15) is 17.7 Å². The van der Waals surface area contributed by atoms with Crippen LogP contribution in [0, 0.1) is 5.92 Å². The molecule has 214 valence electrons. The standard InChI is InChI=1S/C29H35F3N6O2/c30-29(31,32)23-10-8-22(9-11-23)20-33-27(39)24(18-21-6-2-1-3-7-21)34-25-19-26(37-12-4-5-13-37)36-28(35-25)38-14-16-40-17-15-38/h4-5,8-13,19,21,24H,1-3,6-7,14-18,20H2,(H,33,39)(H,34,35,36). The van der Waals surface area contributed by atoms with E-state index in [2.05, 4.69) is 15.5 Å². The molecule has 2 aromatic heterocycles. The number of benzene rings is 1. The van der Waals surface area contributed by atoms with Gasteiger partial charge in [-0.2, -0.15) is 23.1 Å². The van der Waals surface area contributed by atoms with Crippen molar-refractivity contribution in [2.24, 2.45) is 5.92 Å². The van der Waals surface area contributed by atoms with Gasteiger partial charge in [-0.15, -0.1) is 0 Å². The highest BCUT2D eigenvalue weighted by Gasteiger charge is 2.30. The van der Waals surface area contributed by atoms with Crippen LogP contribution in [0.3, 0.4) is 0 Å². The lowest BCUT2D eigenvalue weighted by atomic mass is 9.84. The molecule has 1 aromatic carbocycles. The molecule has 2 fully saturated rings. The summed E-state index contributed by atoms with van der Waals surface area (Å²) in [7, 11) is 0. The van der Waals surface area contributed by atoms with Crippen LogP contribution in [0.5, 0.6) is 0 Å². The highest BCUT2D eigenvalue weighted by Crippen LogP contribution is 2.30. The fourth-order valence-electron chi connectivity index (χ4n) is 5.31. The van der Waals surface area contributed by atoms with E-state index in [1.54, 1.807) is 0 Å². The van der Waals surface area contributed by atoms with Crippen molar-refractivity contribution in [2.45, 2.75) is 57.3 Å². The number of nitrogens with one attached hydrogen (secondary N) is 2. The van der Waals surface area contributed by atoms with E-state index in [1.165, 1.54) is 18.6 Å². The number of alkyl halides is 3. The summed E-state index contributed by atoms with van der Waals surface area (Å²) < 4.78 is 46.2. The molecular formula is C29H35F3N6O2. The average molecular weight is 557 g/mol. The molecule has 0 spiro atoms. The largest absolute Gasteiger partial charge is 0.416 e. The first kappa shape index (κ1) is 27.9. The molecule has 1 aliphatic carbocycles. The lowest BCUT2D eigenvalue weighted by Gasteiger charge is -2.29. The Morgan fingerprint density at radius 1 is 1.02 bits per heavy atom. The van der Waals surface area contributed by atoms with E-state index >= 15 is 0 Å². The molecule has 8 nitrogen and oxygen atoms in total. The molecule has 1 aliphatic heterocycles. The van der Waals surface area contributed by atoms with Crippen LogP contribution in [0.25, 0.3) is 5.82 Å². The summed E-state index contributed by atoms with van der Waals surface area (Å²) in [5.41, 5.74) is -0.109. The van der Waals surface area contributed by atoms with Crippen molar-refractivity contribution in [1.29, 1.82) is 0 Å². The second kappa shape index (κ2) is 12.7. The Morgan fingerprint density at radius 2 is 1.73 bits per heavy atom. The van der Waals surface area contributed by atoms with Crippen LogP contribution in [-0.4, -0.2) is 52.8 Å². The van der Waals surface area contributed by atoms with Crippen molar-refractivity contribution in [3.8, 4) is 5.82 Å². The zero-order valence-electron chi connectivity index (χ0n) is 22.4. The first-order chi connectivity index (χ1) is 19.3. The fraction of sp³-hybridized carbons (Fsp3) is 0.483. The zero-order valence-corrected chi connectivity index (χ0v) is 22.4. The number of morpholine rings is 1. The van der Waals surface area contributed by atoms with Crippen LogP contribution in [0.4, 0.5) is 24.9 Å². The molecule has 11 heteroatoms. The van der Waals surface area contributed by atoms with Gasteiger partial charge in [0.05, 0.1) is 18.8 Å². The van der Waals surface area contributed by atoms with E-state index in [9.17, 15) is 18.0 Å². The second-order valence-corrected chi connectivity index (χ2v) is 10.5. The Kier molecular flexibility index (Phi) is 8.88. The normalized spacial score (nSPS) is 17.4. The van der Waals surface area contributed by atoms with Crippen molar-refractivity contribution in [3.63, 3.8) is 0 Å². The summed E-state index contributed by atoms with van der Waals surface area (Å²) in [5, 5.41) is 6.32. The van der Waals surface area contributed by atoms with Gasteiger partial charge in [-0.3, -0.25) is 4.79 Å². The predicted octanol–water partition coefficient (Wildman–Crippen LogP) is 5.19. The average Bonchev–Trinajstić information content (AvgIpc) is 3.52. The monoisotopic (exact) mass is 556 g/mol. The van der Waals surface area contributed by atoms with Crippen molar-refractivity contribution in [1.82, 2.24) is 19.9 Å².